The molecule has 2 rings (SSSR count). The molecule has 7 heteroatoms. The third-order valence-electron chi connectivity index (χ3n) is 3.00. The summed E-state index contributed by atoms with van der Waals surface area (Å²) in [5, 5.41) is 7.32. The summed E-state index contributed by atoms with van der Waals surface area (Å²) in [5.41, 5.74) is 2.04. The number of sulfonamides is 1. The van der Waals surface area contributed by atoms with Crippen LogP contribution in [0.25, 0.3) is 0 Å². The molecule has 0 aliphatic rings. The van der Waals surface area contributed by atoms with Gasteiger partial charge in [0.1, 0.15) is 0 Å². The molecule has 1 heterocycles. The maximum absolute atomic E-state index is 12.3. The Balaban J connectivity index is 2.17. The first kappa shape index (κ1) is 15.4. The van der Waals surface area contributed by atoms with Crippen molar-refractivity contribution >= 4 is 21.4 Å². The van der Waals surface area contributed by atoms with Gasteiger partial charge in [-0.05, 0) is 37.6 Å². The topological polar surface area (TPSA) is 76.0 Å². The number of aryl methyl sites for hydroxylation is 2. The molecule has 1 aromatic heterocycles. The molecule has 0 atom stereocenters. The van der Waals surface area contributed by atoms with Crippen molar-refractivity contribution < 1.29 is 8.42 Å². The Morgan fingerprint density at radius 3 is 2.43 bits per heavy atom. The van der Waals surface area contributed by atoms with E-state index in [4.69, 9.17) is 0 Å². The van der Waals surface area contributed by atoms with Gasteiger partial charge < -0.3 is 5.32 Å². The molecule has 0 radical (unpaired) electrons. The van der Waals surface area contributed by atoms with Crippen molar-refractivity contribution in [2.24, 2.45) is 7.05 Å². The summed E-state index contributed by atoms with van der Waals surface area (Å²) in [5.74, 6) is 0. The average Bonchev–Trinajstić information content (AvgIpc) is 2.74. The predicted octanol–water partition coefficient (Wildman–Crippen LogP) is 2.35. The van der Waals surface area contributed by atoms with Gasteiger partial charge in [-0.1, -0.05) is 6.92 Å². The van der Waals surface area contributed by atoms with E-state index in [0.717, 1.165) is 18.7 Å². The fourth-order valence-corrected chi connectivity index (χ4v) is 3.03. The number of nitrogens with zero attached hydrogens (tertiary/aromatic N) is 2. The van der Waals surface area contributed by atoms with E-state index in [1.54, 1.807) is 49.1 Å². The van der Waals surface area contributed by atoms with Gasteiger partial charge in [-0.2, -0.15) is 5.10 Å². The molecule has 0 fully saturated rings. The second-order valence-electron chi connectivity index (χ2n) is 4.86. The molecule has 6 nitrogen and oxygen atoms in total. The van der Waals surface area contributed by atoms with Gasteiger partial charge in [-0.15, -0.1) is 0 Å². The highest BCUT2D eigenvalue weighted by molar-refractivity contribution is 7.92. The first-order chi connectivity index (χ1) is 9.92. The number of anilines is 2. The van der Waals surface area contributed by atoms with E-state index in [2.05, 4.69) is 22.1 Å². The van der Waals surface area contributed by atoms with E-state index >= 15 is 0 Å². The third-order valence-corrected chi connectivity index (χ3v) is 4.38. The van der Waals surface area contributed by atoms with Crippen molar-refractivity contribution in [2.75, 3.05) is 16.6 Å². The standard InChI is InChI=1S/C14H20N4O2S/c1-4-9-15-12-5-7-13(8-6-12)21(19,20)17-14-10-18(3)16-11(14)2/h5-8,10,15,17H,4,9H2,1-3H3. The smallest absolute Gasteiger partial charge is 0.262 e. The van der Waals surface area contributed by atoms with Crippen molar-refractivity contribution in [3.63, 3.8) is 0 Å². The maximum Gasteiger partial charge on any atom is 0.262 e. The molecule has 0 amide bonds. The third kappa shape index (κ3) is 3.75. The number of hydrogen-bond acceptors (Lipinski definition) is 4. The van der Waals surface area contributed by atoms with Crippen LogP contribution in [0.5, 0.6) is 0 Å². The number of aromatic nitrogens is 2. The maximum atomic E-state index is 12.3. The predicted molar refractivity (Wildman–Crippen MR) is 84.0 cm³/mol. The largest absolute Gasteiger partial charge is 0.385 e. The Morgan fingerprint density at radius 1 is 1.24 bits per heavy atom. The van der Waals surface area contributed by atoms with E-state index in [0.29, 0.717) is 11.4 Å². The number of nitrogens with one attached hydrogen (secondary N) is 2. The Kier molecular flexibility index (Phi) is 4.52. The van der Waals surface area contributed by atoms with Crippen LogP contribution in [0.1, 0.15) is 19.0 Å². The molecule has 21 heavy (non-hydrogen) atoms. The lowest BCUT2D eigenvalue weighted by Gasteiger charge is -2.08. The normalized spacial score (nSPS) is 11.4. The van der Waals surface area contributed by atoms with Gasteiger partial charge in [-0.25, -0.2) is 8.42 Å². The molecule has 0 aliphatic heterocycles. The lowest BCUT2D eigenvalue weighted by Crippen LogP contribution is -2.13. The molecule has 2 aromatic rings. The van der Waals surface area contributed by atoms with Crippen LogP contribution in [0.2, 0.25) is 0 Å². The minimum atomic E-state index is -3.59. The minimum Gasteiger partial charge on any atom is -0.385 e. The van der Waals surface area contributed by atoms with Crippen LogP contribution >= 0.6 is 0 Å². The summed E-state index contributed by atoms with van der Waals surface area (Å²) < 4.78 is 28.8. The van der Waals surface area contributed by atoms with Crippen LogP contribution in [0, 0.1) is 6.92 Å². The quantitative estimate of drug-likeness (QED) is 0.859. The van der Waals surface area contributed by atoms with Crippen LogP contribution in [0.4, 0.5) is 11.4 Å². The lowest BCUT2D eigenvalue weighted by molar-refractivity contribution is 0.601. The Labute approximate surface area is 125 Å². The van der Waals surface area contributed by atoms with Gasteiger partial charge in [0.05, 0.1) is 16.3 Å². The monoisotopic (exact) mass is 308 g/mol. The van der Waals surface area contributed by atoms with Crippen molar-refractivity contribution in [3.05, 3.63) is 36.2 Å². The van der Waals surface area contributed by atoms with E-state index in [9.17, 15) is 8.42 Å². The Morgan fingerprint density at radius 2 is 1.90 bits per heavy atom. The zero-order valence-corrected chi connectivity index (χ0v) is 13.2. The fraction of sp³-hybridized carbons (Fsp3) is 0.357. The summed E-state index contributed by atoms with van der Waals surface area (Å²) >= 11 is 0. The highest BCUT2D eigenvalue weighted by Crippen LogP contribution is 2.19. The molecule has 114 valence electrons. The molecule has 0 aliphatic carbocycles. The number of hydrogen-bond donors (Lipinski definition) is 2. The molecule has 0 saturated heterocycles. The highest BCUT2D eigenvalue weighted by Gasteiger charge is 2.16. The lowest BCUT2D eigenvalue weighted by atomic mass is 10.3. The van der Waals surface area contributed by atoms with E-state index in [-0.39, 0.29) is 4.90 Å². The molecule has 0 bridgehead atoms. The van der Waals surface area contributed by atoms with Gasteiger partial charge in [0.25, 0.3) is 10.0 Å². The SMILES string of the molecule is CCCNc1ccc(S(=O)(=O)Nc2cn(C)nc2C)cc1. The minimum absolute atomic E-state index is 0.229. The highest BCUT2D eigenvalue weighted by atomic mass is 32.2. The van der Waals surface area contributed by atoms with Gasteiger partial charge in [0, 0.05) is 25.5 Å². The zero-order chi connectivity index (χ0) is 15.5. The number of benzene rings is 1. The molecule has 1 aromatic carbocycles. The second-order valence-corrected chi connectivity index (χ2v) is 6.54. The van der Waals surface area contributed by atoms with Crippen LogP contribution in [-0.2, 0) is 17.1 Å². The number of rotatable bonds is 6. The van der Waals surface area contributed by atoms with Crippen LogP contribution in [-0.4, -0.2) is 24.7 Å². The van der Waals surface area contributed by atoms with Crippen molar-refractivity contribution in [1.82, 2.24) is 9.78 Å². The second kappa shape index (κ2) is 6.17. The van der Waals surface area contributed by atoms with Gasteiger partial charge in [0.2, 0.25) is 0 Å². The molecule has 0 spiro atoms. The van der Waals surface area contributed by atoms with E-state index in [1.807, 2.05) is 0 Å². The van der Waals surface area contributed by atoms with Crippen LogP contribution in [0.3, 0.4) is 0 Å². The molecule has 0 unspecified atom stereocenters. The summed E-state index contributed by atoms with van der Waals surface area (Å²) in [7, 11) is -1.84. The summed E-state index contributed by atoms with van der Waals surface area (Å²) in [6.45, 7) is 4.70. The first-order valence-electron chi connectivity index (χ1n) is 6.79. The van der Waals surface area contributed by atoms with E-state index in [1.165, 1.54) is 0 Å². The average molecular weight is 308 g/mol. The van der Waals surface area contributed by atoms with Crippen LogP contribution in [0.15, 0.2) is 35.4 Å². The van der Waals surface area contributed by atoms with Crippen molar-refractivity contribution in [1.29, 1.82) is 0 Å². The summed E-state index contributed by atoms with van der Waals surface area (Å²) in [6, 6.07) is 6.71. The first-order valence-corrected chi connectivity index (χ1v) is 8.27. The van der Waals surface area contributed by atoms with Crippen LogP contribution < -0.4 is 10.0 Å². The Hall–Kier alpha value is -2.02. The zero-order valence-electron chi connectivity index (χ0n) is 12.4. The van der Waals surface area contributed by atoms with Gasteiger partial charge in [0.15, 0.2) is 0 Å². The van der Waals surface area contributed by atoms with E-state index < -0.39 is 10.0 Å². The van der Waals surface area contributed by atoms with Gasteiger partial charge in [-0.3, -0.25) is 9.40 Å². The molecular formula is C14H20N4O2S. The van der Waals surface area contributed by atoms with Crippen molar-refractivity contribution in [3.8, 4) is 0 Å². The Bertz CT molecular complexity index is 705. The summed E-state index contributed by atoms with van der Waals surface area (Å²) in [6.07, 6.45) is 2.66. The van der Waals surface area contributed by atoms with Gasteiger partial charge >= 0.3 is 0 Å². The summed E-state index contributed by atoms with van der Waals surface area (Å²) in [4.78, 5) is 0.229. The molecule has 0 saturated carbocycles. The molecule has 2 N–H and O–H groups in total. The van der Waals surface area contributed by atoms with Crippen molar-refractivity contribution in [2.45, 2.75) is 25.2 Å². The fourth-order valence-electron chi connectivity index (χ4n) is 1.92. The molecular weight excluding hydrogens is 288 g/mol.